The van der Waals surface area contributed by atoms with E-state index in [1.807, 2.05) is 12.1 Å². The van der Waals surface area contributed by atoms with Crippen molar-refractivity contribution in [2.45, 2.75) is 0 Å². The zero-order chi connectivity index (χ0) is 10.6. The van der Waals surface area contributed by atoms with Crippen molar-refractivity contribution in [1.82, 2.24) is 4.98 Å². The predicted octanol–water partition coefficient (Wildman–Crippen LogP) is 2.21. The standard InChI is InChI=1S/C9H6ClNO.CH5N/c10-8-3-1-2-7-6(5-12)4-11-9(7)8;1-2/h1-5,11H;2H2,1H3. The number of carbonyl (C=O) groups is 1. The van der Waals surface area contributed by atoms with Gasteiger partial charge in [0.15, 0.2) is 6.29 Å². The van der Waals surface area contributed by atoms with Gasteiger partial charge in [-0.05, 0) is 13.1 Å². The number of carbonyl (C=O) groups excluding carboxylic acids is 1. The van der Waals surface area contributed by atoms with E-state index in [0.717, 1.165) is 17.2 Å². The van der Waals surface area contributed by atoms with Gasteiger partial charge in [0.2, 0.25) is 0 Å². The molecule has 0 amide bonds. The van der Waals surface area contributed by atoms with Crippen molar-refractivity contribution in [3.63, 3.8) is 0 Å². The molecule has 1 heterocycles. The summed E-state index contributed by atoms with van der Waals surface area (Å²) in [6, 6.07) is 5.47. The summed E-state index contributed by atoms with van der Waals surface area (Å²) in [5, 5.41) is 1.51. The number of hydrogen-bond donors (Lipinski definition) is 2. The van der Waals surface area contributed by atoms with Crippen molar-refractivity contribution < 1.29 is 4.79 Å². The summed E-state index contributed by atoms with van der Waals surface area (Å²) >= 11 is 5.88. The summed E-state index contributed by atoms with van der Waals surface area (Å²) in [6.45, 7) is 0. The summed E-state index contributed by atoms with van der Waals surface area (Å²) in [5.41, 5.74) is 5.97. The van der Waals surface area contributed by atoms with E-state index in [2.05, 4.69) is 10.7 Å². The highest BCUT2D eigenvalue weighted by molar-refractivity contribution is 6.35. The van der Waals surface area contributed by atoms with Gasteiger partial charge in [0.05, 0.1) is 10.5 Å². The van der Waals surface area contributed by atoms with Crippen molar-refractivity contribution in [3.05, 3.63) is 35.0 Å². The molecule has 0 spiro atoms. The number of rotatable bonds is 1. The molecule has 14 heavy (non-hydrogen) atoms. The molecule has 4 heteroatoms. The topological polar surface area (TPSA) is 58.9 Å². The van der Waals surface area contributed by atoms with E-state index in [0.29, 0.717) is 10.6 Å². The van der Waals surface area contributed by atoms with Crippen LogP contribution in [0.3, 0.4) is 0 Å². The van der Waals surface area contributed by atoms with Gasteiger partial charge in [0, 0.05) is 17.1 Å². The number of fused-ring (bicyclic) bond motifs is 1. The molecule has 0 atom stereocenters. The number of H-pyrrole nitrogens is 1. The van der Waals surface area contributed by atoms with Crippen LogP contribution in [0.15, 0.2) is 24.4 Å². The number of nitrogens with one attached hydrogen (secondary N) is 1. The summed E-state index contributed by atoms with van der Waals surface area (Å²) in [5.74, 6) is 0. The molecule has 1 aromatic carbocycles. The van der Waals surface area contributed by atoms with E-state index in [-0.39, 0.29) is 0 Å². The fourth-order valence-corrected chi connectivity index (χ4v) is 1.47. The Labute approximate surface area is 86.9 Å². The molecule has 0 aliphatic carbocycles. The lowest BCUT2D eigenvalue weighted by Crippen LogP contribution is -1.73. The zero-order valence-electron chi connectivity index (χ0n) is 7.75. The third-order valence-electron chi connectivity index (χ3n) is 1.82. The van der Waals surface area contributed by atoms with Crippen LogP contribution < -0.4 is 5.73 Å². The Balaban J connectivity index is 0.000000461. The molecule has 0 saturated carbocycles. The van der Waals surface area contributed by atoms with E-state index in [1.165, 1.54) is 7.05 Å². The number of nitrogens with two attached hydrogens (primary N) is 1. The summed E-state index contributed by atoms with van der Waals surface area (Å²) < 4.78 is 0. The van der Waals surface area contributed by atoms with Gasteiger partial charge in [-0.2, -0.15) is 0 Å². The molecule has 0 radical (unpaired) electrons. The highest BCUT2D eigenvalue weighted by atomic mass is 35.5. The molecule has 3 N–H and O–H groups in total. The molecule has 2 aromatic rings. The van der Waals surface area contributed by atoms with Crippen LogP contribution in [0.2, 0.25) is 5.02 Å². The van der Waals surface area contributed by atoms with E-state index in [4.69, 9.17) is 11.6 Å². The number of hydrogen-bond acceptors (Lipinski definition) is 2. The number of aldehydes is 1. The average molecular weight is 211 g/mol. The van der Waals surface area contributed by atoms with E-state index in [1.54, 1.807) is 12.3 Å². The van der Waals surface area contributed by atoms with Gasteiger partial charge in [-0.15, -0.1) is 0 Å². The monoisotopic (exact) mass is 210 g/mol. The number of aromatic amines is 1. The highest BCUT2D eigenvalue weighted by Crippen LogP contribution is 2.23. The molecular formula is C10H11ClN2O. The number of aromatic nitrogens is 1. The maximum absolute atomic E-state index is 10.5. The Bertz CT molecular complexity index is 437. The first kappa shape index (κ1) is 10.8. The SMILES string of the molecule is CN.O=Cc1c[nH]c2c(Cl)cccc12. The zero-order valence-corrected chi connectivity index (χ0v) is 8.51. The van der Waals surface area contributed by atoms with Gasteiger partial charge < -0.3 is 10.7 Å². The first-order valence-corrected chi connectivity index (χ1v) is 4.49. The molecule has 3 nitrogen and oxygen atoms in total. The third kappa shape index (κ3) is 1.78. The van der Waals surface area contributed by atoms with Crippen molar-refractivity contribution in [1.29, 1.82) is 0 Å². The molecule has 1 aromatic heterocycles. The van der Waals surface area contributed by atoms with Gasteiger partial charge >= 0.3 is 0 Å². The number of halogens is 1. The average Bonchev–Trinajstić information content (AvgIpc) is 2.65. The van der Waals surface area contributed by atoms with Crippen LogP contribution >= 0.6 is 11.6 Å². The van der Waals surface area contributed by atoms with Crippen molar-refractivity contribution in [2.24, 2.45) is 5.73 Å². The first-order chi connectivity index (χ1) is 6.83. The van der Waals surface area contributed by atoms with E-state index < -0.39 is 0 Å². The molecule has 0 fully saturated rings. The maximum atomic E-state index is 10.5. The summed E-state index contributed by atoms with van der Waals surface area (Å²) in [4.78, 5) is 13.5. The molecule has 0 saturated heterocycles. The molecular weight excluding hydrogens is 200 g/mol. The molecule has 0 aliphatic heterocycles. The Morgan fingerprint density at radius 3 is 2.79 bits per heavy atom. The molecule has 0 unspecified atom stereocenters. The van der Waals surface area contributed by atoms with Crippen LogP contribution in [-0.4, -0.2) is 18.3 Å². The van der Waals surface area contributed by atoms with Crippen LogP contribution in [0.25, 0.3) is 10.9 Å². The van der Waals surface area contributed by atoms with Gasteiger partial charge in [-0.25, -0.2) is 0 Å². The molecule has 0 bridgehead atoms. The minimum Gasteiger partial charge on any atom is -0.359 e. The Hall–Kier alpha value is -1.32. The predicted molar refractivity (Wildman–Crippen MR) is 58.8 cm³/mol. The van der Waals surface area contributed by atoms with E-state index >= 15 is 0 Å². The maximum Gasteiger partial charge on any atom is 0.152 e. The Morgan fingerprint density at radius 1 is 1.43 bits per heavy atom. The highest BCUT2D eigenvalue weighted by Gasteiger charge is 2.03. The second-order valence-corrected chi connectivity index (χ2v) is 2.93. The van der Waals surface area contributed by atoms with Gasteiger partial charge in [0.1, 0.15) is 0 Å². The minimum atomic E-state index is 0.639. The summed E-state index contributed by atoms with van der Waals surface area (Å²) in [7, 11) is 1.50. The van der Waals surface area contributed by atoms with Crippen LogP contribution in [0.5, 0.6) is 0 Å². The van der Waals surface area contributed by atoms with E-state index in [9.17, 15) is 4.79 Å². The molecule has 0 aliphatic rings. The summed E-state index contributed by atoms with van der Waals surface area (Å²) in [6.07, 6.45) is 2.47. The fraction of sp³-hybridized carbons (Fsp3) is 0.100. The lowest BCUT2D eigenvalue weighted by Gasteiger charge is -1.91. The smallest absolute Gasteiger partial charge is 0.152 e. The lowest BCUT2D eigenvalue weighted by atomic mass is 10.2. The molecule has 2 rings (SSSR count). The normalized spacial score (nSPS) is 9.36. The Kier molecular flexibility index (Phi) is 3.68. The van der Waals surface area contributed by atoms with Crippen LogP contribution in [0.4, 0.5) is 0 Å². The van der Waals surface area contributed by atoms with Crippen LogP contribution in [0.1, 0.15) is 10.4 Å². The quantitative estimate of drug-likeness (QED) is 0.709. The van der Waals surface area contributed by atoms with Gasteiger partial charge in [0.25, 0.3) is 0 Å². The second kappa shape index (κ2) is 4.79. The van der Waals surface area contributed by atoms with Crippen LogP contribution in [-0.2, 0) is 0 Å². The largest absolute Gasteiger partial charge is 0.359 e. The van der Waals surface area contributed by atoms with Crippen molar-refractivity contribution in [2.75, 3.05) is 7.05 Å². The third-order valence-corrected chi connectivity index (χ3v) is 2.14. The number of benzene rings is 1. The van der Waals surface area contributed by atoms with Crippen LogP contribution in [0, 0.1) is 0 Å². The van der Waals surface area contributed by atoms with Gasteiger partial charge in [-0.1, -0.05) is 23.7 Å². The minimum absolute atomic E-state index is 0.639. The fourth-order valence-electron chi connectivity index (χ4n) is 1.24. The molecule has 74 valence electrons. The first-order valence-electron chi connectivity index (χ1n) is 4.11. The van der Waals surface area contributed by atoms with Crippen molar-refractivity contribution in [3.8, 4) is 0 Å². The number of para-hydroxylation sites is 1. The Morgan fingerprint density at radius 2 is 2.14 bits per heavy atom. The second-order valence-electron chi connectivity index (χ2n) is 2.52. The van der Waals surface area contributed by atoms with Crippen molar-refractivity contribution >= 4 is 28.8 Å². The lowest BCUT2D eigenvalue weighted by molar-refractivity contribution is 0.112. The van der Waals surface area contributed by atoms with Gasteiger partial charge in [-0.3, -0.25) is 4.79 Å².